The van der Waals surface area contributed by atoms with E-state index in [1.54, 1.807) is 42.7 Å². The van der Waals surface area contributed by atoms with Gasteiger partial charge in [-0.1, -0.05) is 32.3 Å². The van der Waals surface area contributed by atoms with Crippen LogP contribution in [0, 0.1) is 0 Å². The van der Waals surface area contributed by atoms with Crippen LogP contribution in [-0.2, 0) is 9.59 Å². The molecule has 8 heteroatoms. The molecule has 3 amide bonds. The van der Waals surface area contributed by atoms with Crippen molar-refractivity contribution in [2.24, 2.45) is 0 Å². The first-order chi connectivity index (χ1) is 16.6. The Morgan fingerprint density at radius 3 is 2.44 bits per heavy atom. The molecule has 0 atom stereocenters. The van der Waals surface area contributed by atoms with Crippen LogP contribution < -0.4 is 21.5 Å². The Bertz CT molecular complexity index is 914. The number of hydrogen-bond acceptors (Lipinski definition) is 5. The Morgan fingerprint density at radius 2 is 1.71 bits per heavy atom. The Morgan fingerprint density at radius 1 is 0.941 bits per heavy atom. The zero-order chi connectivity index (χ0) is 24.4. The predicted molar refractivity (Wildman–Crippen MR) is 135 cm³/mol. The van der Waals surface area contributed by atoms with Gasteiger partial charge in [-0.3, -0.25) is 24.8 Å². The molecular weight excluding hydrogens is 430 g/mol. The summed E-state index contributed by atoms with van der Waals surface area (Å²) >= 11 is 0. The molecule has 2 aromatic rings. The summed E-state index contributed by atoms with van der Waals surface area (Å²) in [6.45, 7) is 3.37. The van der Waals surface area contributed by atoms with Gasteiger partial charge in [0.15, 0.2) is 0 Å². The summed E-state index contributed by atoms with van der Waals surface area (Å²) in [4.78, 5) is 39.9. The van der Waals surface area contributed by atoms with E-state index < -0.39 is 0 Å². The fourth-order valence-electron chi connectivity index (χ4n) is 3.13. The number of nitrogens with zero attached hydrogens (tertiary/aromatic N) is 1. The van der Waals surface area contributed by atoms with Crippen molar-refractivity contribution in [3.8, 4) is 0 Å². The van der Waals surface area contributed by atoms with Crippen molar-refractivity contribution in [2.45, 2.75) is 51.9 Å². The van der Waals surface area contributed by atoms with Crippen LogP contribution in [0.2, 0.25) is 0 Å². The molecule has 0 fully saturated rings. The molecule has 182 valence electrons. The van der Waals surface area contributed by atoms with Crippen molar-refractivity contribution in [2.75, 3.05) is 18.4 Å². The number of amides is 3. The monoisotopic (exact) mass is 465 g/mol. The number of carbonyl (C=O) groups is 3. The largest absolute Gasteiger partial charge is 0.353 e. The van der Waals surface area contributed by atoms with Crippen LogP contribution >= 0.6 is 0 Å². The van der Waals surface area contributed by atoms with Gasteiger partial charge in [0.1, 0.15) is 0 Å². The van der Waals surface area contributed by atoms with Crippen molar-refractivity contribution in [1.29, 1.82) is 0 Å². The molecule has 1 heterocycles. The molecule has 8 nitrogen and oxygen atoms in total. The highest BCUT2D eigenvalue weighted by molar-refractivity contribution is 5.95. The molecule has 0 bridgehead atoms. The number of aromatic nitrogens is 1. The molecule has 0 radical (unpaired) electrons. The quantitative estimate of drug-likeness (QED) is 0.181. The number of benzene rings is 1. The number of nitrogens with one attached hydrogen (secondary N) is 4. The van der Waals surface area contributed by atoms with Crippen LogP contribution in [0.25, 0.3) is 6.08 Å². The molecule has 34 heavy (non-hydrogen) atoms. The molecule has 1 aromatic heterocycles. The van der Waals surface area contributed by atoms with Crippen molar-refractivity contribution in [3.63, 3.8) is 0 Å². The summed E-state index contributed by atoms with van der Waals surface area (Å²) in [6, 6.07) is 10.5. The summed E-state index contributed by atoms with van der Waals surface area (Å²) < 4.78 is 0. The van der Waals surface area contributed by atoms with E-state index in [-0.39, 0.29) is 17.7 Å². The number of hydrogen-bond donors (Lipinski definition) is 4. The Labute approximate surface area is 201 Å². The third-order valence-electron chi connectivity index (χ3n) is 5.00. The second-order valence-electron chi connectivity index (χ2n) is 7.93. The normalized spacial score (nSPS) is 10.7. The van der Waals surface area contributed by atoms with Crippen molar-refractivity contribution < 1.29 is 14.4 Å². The Kier molecular flexibility index (Phi) is 12.7. The smallest absolute Gasteiger partial charge is 0.265 e. The topological polar surface area (TPSA) is 112 Å². The number of carbonyl (C=O) groups excluding carboxylic acids is 3. The van der Waals surface area contributed by atoms with Crippen LogP contribution in [0.15, 0.2) is 54.9 Å². The lowest BCUT2D eigenvalue weighted by molar-refractivity contribution is -0.117. The number of rotatable bonds is 15. The highest BCUT2D eigenvalue weighted by atomic mass is 16.2. The maximum atomic E-state index is 12.1. The van der Waals surface area contributed by atoms with Gasteiger partial charge >= 0.3 is 0 Å². The molecule has 0 saturated carbocycles. The highest BCUT2D eigenvalue weighted by Gasteiger charge is 2.06. The lowest BCUT2D eigenvalue weighted by atomic mass is 10.1. The van der Waals surface area contributed by atoms with Crippen LogP contribution in [-0.4, -0.2) is 35.8 Å². The van der Waals surface area contributed by atoms with Crippen LogP contribution in [0.4, 0.5) is 5.69 Å². The molecule has 0 saturated heterocycles. The van der Waals surface area contributed by atoms with E-state index in [0.29, 0.717) is 30.8 Å². The zero-order valence-corrected chi connectivity index (χ0v) is 19.8. The number of anilines is 1. The molecule has 0 aliphatic carbocycles. The minimum atomic E-state index is -0.202. The fraction of sp³-hybridized carbons (Fsp3) is 0.385. The molecule has 2 rings (SSSR count). The number of unbranched alkanes of at least 4 members (excludes halogenated alkanes) is 4. The van der Waals surface area contributed by atoms with E-state index in [1.165, 1.54) is 6.08 Å². The second-order valence-corrected chi connectivity index (χ2v) is 7.93. The molecular formula is C26H35N5O3. The first-order valence-corrected chi connectivity index (χ1v) is 11.9. The van der Waals surface area contributed by atoms with Gasteiger partial charge in [0.25, 0.3) is 5.91 Å². The summed E-state index contributed by atoms with van der Waals surface area (Å²) in [6.07, 6.45) is 12.7. The summed E-state index contributed by atoms with van der Waals surface area (Å²) in [5.74, 6) is -0.344. The van der Waals surface area contributed by atoms with Crippen LogP contribution in [0.1, 0.15) is 67.8 Å². The number of hydrazine groups is 1. The van der Waals surface area contributed by atoms with E-state index >= 15 is 0 Å². The van der Waals surface area contributed by atoms with Gasteiger partial charge in [0.2, 0.25) is 11.8 Å². The highest BCUT2D eigenvalue weighted by Crippen LogP contribution is 2.11. The van der Waals surface area contributed by atoms with Gasteiger partial charge in [-0.2, -0.15) is 0 Å². The lowest BCUT2D eigenvalue weighted by Gasteiger charge is -2.08. The Balaban J connectivity index is 1.50. The van der Waals surface area contributed by atoms with E-state index in [9.17, 15) is 14.4 Å². The average Bonchev–Trinajstić information content (AvgIpc) is 2.85. The molecule has 0 aliphatic heterocycles. The third kappa shape index (κ3) is 11.4. The van der Waals surface area contributed by atoms with Gasteiger partial charge in [0.05, 0.1) is 0 Å². The minimum absolute atomic E-state index is 0.0329. The molecule has 0 aliphatic rings. The second kappa shape index (κ2) is 16.1. The van der Waals surface area contributed by atoms with Gasteiger partial charge < -0.3 is 10.6 Å². The predicted octanol–water partition coefficient (Wildman–Crippen LogP) is 3.83. The van der Waals surface area contributed by atoms with Crippen LogP contribution in [0.3, 0.4) is 0 Å². The summed E-state index contributed by atoms with van der Waals surface area (Å²) in [5, 5.41) is 5.74. The molecule has 0 spiro atoms. The number of pyridine rings is 1. The summed E-state index contributed by atoms with van der Waals surface area (Å²) in [7, 11) is 0. The van der Waals surface area contributed by atoms with Crippen LogP contribution in [0.5, 0.6) is 0 Å². The maximum absolute atomic E-state index is 12.1. The first kappa shape index (κ1) is 26.7. The van der Waals surface area contributed by atoms with Gasteiger partial charge in [-0.25, -0.2) is 5.43 Å². The molecule has 1 aromatic carbocycles. The average molecular weight is 466 g/mol. The molecule has 0 unspecified atom stereocenters. The summed E-state index contributed by atoms with van der Waals surface area (Å²) in [5.41, 5.74) is 7.57. The standard InChI is InChI=1S/C26H35N5O3/c1-2-17-29-31-26(34)22-12-14-23(15-13-22)30-25(33)10-6-4-3-5-7-19-28-24(32)16-11-21-9-8-18-27-20-21/h8-9,11-16,18,20,29H,2-7,10,17,19H2,1H3,(H,28,32)(H,30,33)(H,31,34). The van der Waals surface area contributed by atoms with Gasteiger partial charge in [0, 0.05) is 49.2 Å². The van der Waals surface area contributed by atoms with E-state index in [2.05, 4.69) is 26.5 Å². The zero-order valence-electron chi connectivity index (χ0n) is 19.8. The van der Waals surface area contributed by atoms with E-state index in [1.807, 2.05) is 19.1 Å². The lowest BCUT2D eigenvalue weighted by Crippen LogP contribution is -2.37. The third-order valence-corrected chi connectivity index (χ3v) is 5.00. The first-order valence-electron chi connectivity index (χ1n) is 11.9. The Hall–Kier alpha value is -3.52. The minimum Gasteiger partial charge on any atom is -0.353 e. The van der Waals surface area contributed by atoms with Crippen molar-refractivity contribution >= 4 is 29.5 Å². The van der Waals surface area contributed by atoms with E-state index in [0.717, 1.165) is 44.1 Å². The van der Waals surface area contributed by atoms with Crippen molar-refractivity contribution in [1.82, 2.24) is 21.2 Å². The van der Waals surface area contributed by atoms with E-state index in [4.69, 9.17) is 0 Å². The SMILES string of the molecule is CCCNNC(=O)c1ccc(NC(=O)CCCCCCCNC(=O)C=Cc2cccnc2)cc1. The molecule has 4 N–H and O–H groups in total. The van der Waals surface area contributed by atoms with Gasteiger partial charge in [-0.05, 0) is 61.2 Å². The van der Waals surface area contributed by atoms with Crippen molar-refractivity contribution in [3.05, 3.63) is 66.0 Å². The maximum Gasteiger partial charge on any atom is 0.265 e. The van der Waals surface area contributed by atoms with Gasteiger partial charge in [-0.15, -0.1) is 0 Å². The fourth-order valence-corrected chi connectivity index (χ4v) is 3.13.